The smallest absolute Gasteiger partial charge is 0.244 e. The number of halogens is 2. The summed E-state index contributed by atoms with van der Waals surface area (Å²) < 4.78 is 54.1. The van der Waals surface area contributed by atoms with Crippen LogP contribution >= 0.6 is 0 Å². The molecule has 0 aliphatic heterocycles. The maximum atomic E-state index is 13.8. The number of hydrogen-bond donors (Lipinski definition) is 2. The van der Waals surface area contributed by atoms with Crippen molar-refractivity contribution in [2.45, 2.75) is 30.2 Å². The number of nitrogen functional groups attached to an aromatic ring is 1. The van der Waals surface area contributed by atoms with E-state index in [0.29, 0.717) is 18.2 Å². The van der Waals surface area contributed by atoms with Crippen LogP contribution in [0.5, 0.6) is 0 Å². The molecule has 4 nitrogen and oxygen atoms in total. The van der Waals surface area contributed by atoms with Gasteiger partial charge in [-0.05, 0) is 54.7 Å². The van der Waals surface area contributed by atoms with Crippen LogP contribution in [-0.4, -0.2) is 8.42 Å². The molecule has 0 spiro atoms. The van der Waals surface area contributed by atoms with Gasteiger partial charge in [-0.15, -0.1) is 0 Å². The van der Waals surface area contributed by atoms with Gasteiger partial charge in [0.05, 0.1) is 0 Å². The van der Waals surface area contributed by atoms with Gasteiger partial charge in [-0.3, -0.25) is 0 Å². The lowest BCUT2D eigenvalue weighted by molar-refractivity contribution is 0.500. The second kappa shape index (κ2) is 5.90. The lowest BCUT2D eigenvalue weighted by atomic mass is 9.88. The van der Waals surface area contributed by atoms with E-state index in [2.05, 4.69) is 4.72 Å². The summed E-state index contributed by atoms with van der Waals surface area (Å²) in [6.45, 7) is 0. The van der Waals surface area contributed by atoms with Crippen LogP contribution in [0.15, 0.2) is 41.3 Å². The van der Waals surface area contributed by atoms with Crippen LogP contribution in [0.2, 0.25) is 0 Å². The molecule has 0 saturated heterocycles. The minimum absolute atomic E-state index is 0.450. The van der Waals surface area contributed by atoms with Gasteiger partial charge >= 0.3 is 0 Å². The summed E-state index contributed by atoms with van der Waals surface area (Å²) in [5.41, 5.74) is 8.21. The highest BCUT2D eigenvalue weighted by atomic mass is 32.2. The van der Waals surface area contributed by atoms with Crippen LogP contribution in [0.4, 0.5) is 14.5 Å². The number of sulfonamides is 1. The van der Waals surface area contributed by atoms with Crippen LogP contribution in [0.25, 0.3) is 0 Å². The Morgan fingerprint density at radius 3 is 2.65 bits per heavy atom. The van der Waals surface area contributed by atoms with E-state index in [9.17, 15) is 17.2 Å². The molecule has 3 rings (SSSR count). The van der Waals surface area contributed by atoms with E-state index < -0.39 is 32.6 Å². The van der Waals surface area contributed by atoms with Gasteiger partial charge in [0, 0.05) is 17.8 Å². The summed E-state index contributed by atoms with van der Waals surface area (Å²) in [4.78, 5) is -0.554. The Hall–Kier alpha value is -1.99. The second-order valence-corrected chi connectivity index (χ2v) is 7.28. The zero-order chi connectivity index (χ0) is 16.6. The molecule has 0 bridgehead atoms. The molecule has 0 fully saturated rings. The first-order chi connectivity index (χ1) is 10.9. The summed E-state index contributed by atoms with van der Waals surface area (Å²) in [5.74, 6) is -1.93. The standard InChI is InChI=1S/C16H16F2N2O2S/c17-11-4-7-16(14(18)9-11)23(21,22)20-15-3-1-2-10-8-12(19)5-6-13(10)15/h4-9,15,20H,1-3,19H2. The van der Waals surface area contributed by atoms with Crippen molar-refractivity contribution in [2.75, 3.05) is 5.73 Å². The first kappa shape index (κ1) is 15.9. The predicted octanol–water partition coefficient (Wildman–Crippen LogP) is 2.90. The molecule has 0 aromatic heterocycles. The minimum Gasteiger partial charge on any atom is -0.399 e. The van der Waals surface area contributed by atoms with E-state index in [-0.39, 0.29) is 0 Å². The summed E-state index contributed by atoms with van der Waals surface area (Å²) >= 11 is 0. The first-order valence-corrected chi connectivity index (χ1v) is 8.71. The number of rotatable bonds is 3. The fourth-order valence-electron chi connectivity index (χ4n) is 2.90. The molecule has 0 heterocycles. The van der Waals surface area contributed by atoms with Gasteiger partial charge < -0.3 is 5.73 Å². The quantitative estimate of drug-likeness (QED) is 0.845. The average Bonchev–Trinajstić information content (AvgIpc) is 2.46. The third-order valence-electron chi connectivity index (χ3n) is 3.96. The molecular formula is C16H16F2N2O2S. The Balaban J connectivity index is 1.93. The number of nitrogens with two attached hydrogens (primary N) is 1. The normalized spacial score (nSPS) is 17.7. The molecule has 1 aliphatic carbocycles. The van der Waals surface area contributed by atoms with Gasteiger partial charge in [-0.25, -0.2) is 21.9 Å². The second-order valence-electron chi connectivity index (χ2n) is 5.60. The highest BCUT2D eigenvalue weighted by Crippen LogP contribution is 2.32. The van der Waals surface area contributed by atoms with Crippen molar-refractivity contribution >= 4 is 15.7 Å². The third-order valence-corrected chi connectivity index (χ3v) is 5.47. The Bertz CT molecular complexity index is 853. The molecule has 1 atom stereocenters. The monoisotopic (exact) mass is 338 g/mol. The summed E-state index contributed by atoms with van der Waals surface area (Å²) in [6.07, 6.45) is 2.23. The molecule has 1 unspecified atom stereocenters. The maximum absolute atomic E-state index is 13.8. The Morgan fingerprint density at radius 2 is 1.91 bits per heavy atom. The maximum Gasteiger partial charge on any atom is 0.244 e. The van der Waals surface area contributed by atoms with Crippen molar-refractivity contribution < 1.29 is 17.2 Å². The van der Waals surface area contributed by atoms with E-state index in [0.717, 1.165) is 36.1 Å². The van der Waals surface area contributed by atoms with Crippen LogP contribution in [0.1, 0.15) is 30.0 Å². The summed E-state index contributed by atoms with van der Waals surface area (Å²) in [7, 11) is -4.08. The fraction of sp³-hybridized carbons (Fsp3) is 0.250. The Kier molecular flexibility index (Phi) is 4.08. The van der Waals surface area contributed by atoms with E-state index in [1.165, 1.54) is 0 Å². The number of nitrogens with one attached hydrogen (secondary N) is 1. The van der Waals surface area contributed by atoms with Crippen molar-refractivity contribution in [3.8, 4) is 0 Å². The number of hydrogen-bond acceptors (Lipinski definition) is 3. The zero-order valence-electron chi connectivity index (χ0n) is 12.2. The molecule has 2 aromatic carbocycles. The van der Waals surface area contributed by atoms with Gasteiger partial charge in [0.15, 0.2) is 0 Å². The molecule has 2 aromatic rings. The van der Waals surface area contributed by atoms with Crippen molar-refractivity contribution in [3.63, 3.8) is 0 Å². The molecular weight excluding hydrogens is 322 g/mol. The van der Waals surface area contributed by atoms with Crippen LogP contribution in [-0.2, 0) is 16.4 Å². The number of anilines is 1. The van der Waals surface area contributed by atoms with Crippen molar-refractivity contribution in [1.29, 1.82) is 0 Å². The molecule has 1 aliphatic rings. The van der Waals surface area contributed by atoms with Gasteiger partial charge in [-0.1, -0.05) is 6.07 Å². The van der Waals surface area contributed by atoms with Gasteiger partial charge in [0.1, 0.15) is 16.5 Å². The molecule has 0 radical (unpaired) electrons. The third kappa shape index (κ3) is 3.20. The zero-order valence-corrected chi connectivity index (χ0v) is 13.0. The molecule has 23 heavy (non-hydrogen) atoms. The van der Waals surface area contributed by atoms with Crippen LogP contribution in [0.3, 0.4) is 0 Å². The average molecular weight is 338 g/mol. The van der Waals surface area contributed by atoms with E-state index in [1.807, 2.05) is 6.07 Å². The van der Waals surface area contributed by atoms with E-state index in [4.69, 9.17) is 5.73 Å². The highest BCUT2D eigenvalue weighted by Gasteiger charge is 2.27. The number of benzene rings is 2. The lowest BCUT2D eigenvalue weighted by Gasteiger charge is -2.26. The summed E-state index contributed by atoms with van der Waals surface area (Å²) in [6, 6.07) is 7.29. The van der Waals surface area contributed by atoms with E-state index in [1.54, 1.807) is 12.1 Å². The highest BCUT2D eigenvalue weighted by molar-refractivity contribution is 7.89. The number of fused-ring (bicyclic) bond motifs is 1. The minimum atomic E-state index is -4.08. The van der Waals surface area contributed by atoms with Crippen LogP contribution < -0.4 is 10.5 Å². The Morgan fingerprint density at radius 1 is 1.13 bits per heavy atom. The largest absolute Gasteiger partial charge is 0.399 e. The molecule has 7 heteroatoms. The molecule has 0 amide bonds. The number of aryl methyl sites for hydroxylation is 1. The van der Waals surface area contributed by atoms with Crippen molar-refractivity contribution in [2.24, 2.45) is 0 Å². The van der Waals surface area contributed by atoms with Crippen molar-refractivity contribution in [1.82, 2.24) is 4.72 Å². The Labute approximate surface area is 133 Å². The molecule has 122 valence electrons. The fourth-order valence-corrected chi connectivity index (χ4v) is 4.21. The SMILES string of the molecule is Nc1ccc2c(c1)CCCC2NS(=O)(=O)c1ccc(F)cc1F. The van der Waals surface area contributed by atoms with Gasteiger partial charge in [-0.2, -0.15) is 0 Å². The first-order valence-electron chi connectivity index (χ1n) is 7.22. The lowest BCUT2D eigenvalue weighted by Crippen LogP contribution is -2.31. The van der Waals surface area contributed by atoms with E-state index >= 15 is 0 Å². The van der Waals surface area contributed by atoms with Crippen LogP contribution in [0, 0.1) is 11.6 Å². The van der Waals surface area contributed by atoms with Crippen molar-refractivity contribution in [3.05, 3.63) is 59.2 Å². The van der Waals surface area contributed by atoms with Gasteiger partial charge in [0.2, 0.25) is 10.0 Å². The topological polar surface area (TPSA) is 72.2 Å². The summed E-state index contributed by atoms with van der Waals surface area (Å²) in [5, 5.41) is 0. The predicted molar refractivity (Wildman–Crippen MR) is 83.2 cm³/mol. The molecule has 0 saturated carbocycles. The molecule has 3 N–H and O–H groups in total. The van der Waals surface area contributed by atoms with Gasteiger partial charge in [0.25, 0.3) is 0 Å².